The molecule has 1 aliphatic carbocycles. The highest BCUT2D eigenvalue weighted by Crippen LogP contribution is 2.60. The summed E-state index contributed by atoms with van der Waals surface area (Å²) in [6, 6.07) is 4.44. The number of nitrogens with one attached hydrogen (secondary N) is 1. The van der Waals surface area contributed by atoms with Gasteiger partial charge in [0.25, 0.3) is 0 Å². The van der Waals surface area contributed by atoms with E-state index in [1.165, 1.54) is 19.2 Å². The van der Waals surface area contributed by atoms with E-state index in [2.05, 4.69) is 5.32 Å². The number of aromatic carboxylic acids is 1. The maximum absolute atomic E-state index is 12.5. The fraction of sp³-hybridized carbons (Fsp3) is 0.500. The first-order valence-electron chi connectivity index (χ1n) is 7.69. The average Bonchev–Trinajstić information content (AvgIpc) is 3.25. The Kier molecular flexibility index (Phi) is 4.03. The van der Waals surface area contributed by atoms with Gasteiger partial charge in [-0.05, 0) is 42.9 Å². The lowest BCUT2D eigenvalue weighted by atomic mass is 9.96. The van der Waals surface area contributed by atoms with Gasteiger partial charge in [0.05, 0.1) is 29.9 Å². The fourth-order valence-electron chi connectivity index (χ4n) is 3.37. The molecule has 1 saturated heterocycles. The molecule has 130 valence electrons. The van der Waals surface area contributed by atoms with E-state index in [-0.39, 0.29) is 40.0 Å². The molecule has 7 nitrogen and oxygen atoms in total. The van der Waals surface area contributed by atoms with Gasteiger partial charge in [-0.2, -0.15) is 0 Å². The molecule has 8 heteroatoms. The van der Waals surface area contributed by atoms with Gasteiger partial charge >= 0.3 is 5.97 Å². The number of carboxylic acids is 1. The van der Waals surface area contributed by atoms with Crippen LogP contribution in [0.1, 0.15) is 29.6 Å². The number of carboxylic acid groups (broad SMARTS) is 1. The van der Waals surface area contributed by atoms with Gasteiger partial charge in [0.15, 0.2) is 0 Å². The van der Waals surface area contributed by atoms with Crippen molar-refractivity contribution in [3.8, 4) is 5.75 Å². The zero-order chi connectivity index (χ0) is 17.5. The third-order valence-electron chi connectivity index (χ3n) is 5.04. The summed E-state index contributed by atoms with van der Waals surface area (Å²) in [5.41, 5.74) is -0.0481. The smallest absolute Gasteiger partial charge is 0.337 e. The molecule has 0 aromatic heterocycles. The molecule has 1 aliphatic heterocycles. The molecule has 24 heavy (non-hydrogen) atoms. The van der Waals surface area contributed by atoms with Gasteiger partial charge in [0.2, 0.25) is 5.91 Å². The molecule has 1 spiro atoms. The second-order valence-electron chi connectivity index (χ2n) is 6.48. The SMILES string of the molecule is COc1ccc(NC(=O)C2CC23CCS(=O)(=O)CC3)c(C(=O)O)c1. The van der Waals surface area contributed by atoms with Crippen LogP contribution < -0.4 is 10.1 Å². The molecule has 1 aromatic carbocycles. The van der Waals surface area contributed by atoms with Gasteiger partial charge < -0.3 is 15.2 Å². The summed E-state index contributed by atoms with van der Waals surface area (Å²) in [5.74, 6) is -1.01. The van der Waals surface area contributed by atoms with Crippen LogP contribution in [0.2, 0.25) is 0 Å². The molecule has 1 aromatic rings. The second kappa shape index (κ2) is 5.77. The third-order valence-corrected chi connectivity index (χ3v) is 6.70. The van der Waals surface area contributed by atoms with Crippen LogP contribution in [0.5, 0.6) is 5.75 Å². The molecule has 1 unspecified atom stereocenters. The summed E-state index contributed by atoms with van der Waals surface area (Å²) >= 11 is 0. The first-order chi connectivity index (χ1) is 11.3. The molecule has 3 rings (SSSR count). The highest BCUT2D eigenvalue weighted by atomic mass is 32.2. The van der Waals surface area contributed by atoms with E-state index < -0.39 is 15.8 Å². The number of amides is 1. The second-order valence-corrected chi connectivity index (χ2v) is 8.78. The molecule has 2 fully saturated rings. The molecule has 1 amide bonds. The molecule has 1 heterocycles. The Morgan fingerprint density at radius 3 is 2.54 bits per heavy atom. The molecular weight excluding hydrogens is 334 g/mol. The van der Waals surface area contributed by atoms with E-state index in [0.29, 0.717) is 25.0 Å². The minimum Gasteiger partial charge on any atom is -0.497 e. The summed E-state index contributed by atoms with van der Waals surface area (Å²) in [7, 11) is -1.54. The lowest BCUT2D eigenvalue weighted by molar-refractivity contribution is -0.118. The first kappa shape index (κ1) is 16.8. The number of carbonyl (C=O) groups is 2. The van der Waals surface area contributed by atoms with Crippen molar-refractivity contribution in [2.75, 3.05) is 23.9 Å². The fourth-order valence-corrected chi connectivity index (χ4v) is 5.01. The van der Waals surface area contributed by atoms with Crippen molar-refractivity contribution in [3.05, 3.63) is 23.8 Å². The summed E-state index contributed by atoms with van der Waals surface area (Å²) < 4.78 is 28.1. The van der Waals surface area contributed by atoms with E-state index >= 15 is 0 Å². The van der Waals surface area contributed by atoms with Crippen LogP contribution in [-0.2, 0) is 14.6 Å². The number of carbonyl (C=O) groups excluding carboxylic acids is 1. The van der Waals surface area contributed by atoms with Crippen molar-refractivity contribution in [1.82, 2.24) is 0 Å². The highest BCUT2D eigenvalue weighted by molar-refractivity contribution is 7.91. The van der Waals surface area contributed by atoms with Crippen molar-refractivity contribution in [2.24, 2.45) is 11.3 Å². The Balaban J connectivity index is 1.72. The number of methoxy groups -OCH3 is 1. The molecule has 0 bridgehead atoms. The van der Waals surface area contributed by atoms with Crippen molar-refractivity contribution < 1.29 is 27.9 Å². The Morgan fingerprint density at radius 2 is 1.96 bits per heavy atom. The summed E-state index contributed by atoms with van der Waals surface area (Å²) in [4.78, 5) is 23.8. The van der Waals surface area contributed by atoms with E-state index in [1.807, 2.05) is 0 Å². The van der Waals surface area contributed by atoms with E-state index in [9.17, 15) is 23.1 Å². The predicted octanol–water partition coefficient (Wildman–Crippen LogP) is 1.55. The molecular formula is C16H19NO6S. The molecule has 1 atom stereocenters. The standard InChI is InChI=1S/C16H19NO6S/c1-23-10-2-3-13(11(8-10)15(19)20)17-14(18)12-9-16(12)4-6-24(21,22)7-5-16/h2-3,8,12H,4-7,9H2,1H3,(H,17,18)(H,19,20). The summed E-state index contributed by atoms with van der Waals surface area (Å²) in [6.45, 7) is 0. The van der Waals surface area contributed by atoms with Crippen LogP contribution in [0.25, 0.3) is 0 Å². The lowest BCUT2D eigenvalue weighted by Crippen LogP contribution is -2.28. The quantitative estimate of drug-likeness (QED) is 0.850. The molecule has 2 aliphatic rings. The van der Waals surface area contributed by atoms with Crippen molar-refractivity contribution in [2.45, 2.75) is 19.3 Å². The normalized spacial score (nSPS) is 23.5. The van der Waals surface area contributed by atoms with Crippen LogP contribution >= 0.6 is 0 Å². The number of sulfone groups is 1. The van der Waals surface area contributed by atoms with Crippen molar-refractivity contribution in [1.29, 1.82) is 0 Å². The van der Waals surface area contributed by atoms with E-state index in [0.717, 1.165) is 0 Å². The number of benzene rings is 1. The lowest BCUT2D eigenvalue weighted by Gasteiger charge is -2.22. The topological polar surface area (TPSA) is 110 Å². The van der Waals surface area contributed by atoms with E-state index in [4.69, 9.17) is 4.74 Å². The van der Waals surface area contributed by atoms with Crippen molar-refractivity contribution >= 4 is 27.4 Å². The first-order valence-corrected chi connectivity index (χ1v) is 9.51. The highest BCUT2D eigenvalue weighted by Gasteiger charge is 2.59. The third kappa shape index (κ3) is 3.10. The van der Waals surface area contributed by atoms with Crippen LogP contribution in [0.15, 0.2) is 18.2 Å². The van der Waals surface area contributed by atoms with Crippen LogP contribution in [-0.4, -0.2) is 44.0 Å². The molecule has 1 saturated carbocycles. The van der Waals surface area contributed by atoms with Gasteiger partial charge in [-0.25, -0.2) is 13.2 Å². The largest absolute Gasteiger partial charge is 0.497 e. The molecule has 0 radical (unpaired) electrons. The van der Waals surface area contributed by atoms with Gasteiger partial charge in [0, 0.05) is 5.92 Å². The number of hydrogen-bond donors (Lipinski definition) is 2. The van der Waals surface area contributed by atoms with Gasteiger partial charge in [0.1, 0.15) is 15.6 Å². The maximum atomic E-state index is 12.5. The van der Waals surface area contributed by atoms with E-state index in [1.54, 1.807) is 6.07 Å². The Labute approximate surface area is 139 Å². The molecule has 2 N–H and O–H groups in total. The Bertz CT molecular complexity index is 787. The average molecular weight is 353 g/mol. The van der Waals surface area contributed by atoms with Gasteiger partial charge in [-0.3, -0.25) is 4.79 Å². The number of rotatable bonds is 4. The number of anilines is 1. The minimum atomic E-state index is -2.97. The monoisotopic (exact) mass is 353 g/mol. The van der Waals surface area contributed by atoms with Crippen molar-refractivity contribution in [3.63, 3.8) is 0 Å². The van der Waals surface area contributed by atoms with Crippen LogP contribution in [0.3, 0.4) is 0 Å². The number of ether oxygens (including phenoxy) is 1. The summed E-state index contributed by atoms with van der Waals surface area (Å²) in [5, 5.41) is 12.0. The predicted molar refractivity (Wildman–Crippen MR) is 87.0 cm³/mol. The maximum Gasteiger partial charge on any atom is 0.337 e. The van der Waals surface area contributed by atoms with Gasteiger partial charge in [-0.15, -0.1) is 0 Å². The van der Waals surface area contributed by atoms with Gasteiger partial charge in [-0.1, -0.05) is 0 Å². The number of hydrogen-bond acceptors (Lipinski definition) is 5. The zero-order valence-electron chi connectivity index (χ0n) is 13.2. The zero-order valence-corrected chi connectivity index (χ0v) is 14.1. The Morgan fingerprint density at radius 1 is 1.29 bits per heavy atom. The van der Waals surface area contributed by atoms with Crippen LogP contribution in [0.4, 0.5) is 5.69 Å². The summed E-state index contributed by atoms with van der Waals surface area (Å²) in [6.07, 6.45) is 1.66. The van der Waals surface area contributed by atoms with Crippen LogP contribution in [0, 0.1) is 11.3 Å². The Hall–Kier alpha value is -2.09. The minimum absolute atomic E-state index is 0.0383.